The number of rotatable bonds is 7. The van der Waals surface area contributed by atoms with Crippen LogP contribution in [0.1, 0.15) is 33.6 Å². The van der Waals surface area contributed by atoms with Gasteiger partial charge in [-0.3, -0.25) is 0 Å². The molecule has 0 fully saturated rings. The van der Waals surface area contributed by atoms with E-state index in [1.165, 1.54) is 0 Å². The van der Waals surface area contributed by atoms with Crippen LogP contribution < -0.4 is 10.1 Å². The van der Waals surface area contributed by atoms with Gasteiger partial charge < -0.3 is 15.2 Å². The molecule has 1 heterocycles. The Balaban J connectivity index is 2.67. The number of aromatic nitrogens is 3. The summed E-state index contributed by atoms with van der Waals surface area (Å²) >= 11 is 5.79. The average Bonchev–Trinajstić information content (AvgIpc) is 2.24. The number of aliphatic hydroxyl groups excluding tert-OH is 1. The molecule has 0 saturated heterocycles. The predicted octanol–water partition coefficient (Wildman–Crippen LogP) is 1.89. The normalized spacial score (nSPS) is 14.1. The molecule has 1 rings (SSSR count). The second kappa shape index (κ2) is 7.33. The minimum atomic E-state index is -0.388. The van der Waals surface area contributed by atoms with E-state index in [2.05, 4.69) is 20.3 Å². The first-order chi connectivity index (χ1) is 8.51. The average molecular weight is 275 g/mol. The van der Waals surface area contributed by atoms with Crippen molar-refractivity contribution in [1.82, 2.24) is 15.0 Å². The van der Waals surface area contributed by atoms with Gasteiger partial charge in [0.2, 0.25) is 11.2 Å². The lowest BCUT2D eigenvalue weighted by molar-refractivity contribution is 0.179. The highest BCUT2D eigenvalue weighted by atomic mass is 35.5. The Morgan fingerprint density at radius 2 is 2.06 bits per heavy atom. The number of nitrogens with one attached hydrogen (secondary N) is 1. The third-order valence-corrected chi connectivity index (χ3v) is 2.26. The molecule has 1 aromatic rings. The van der Waals surface area contributed by atoms with Crippen molar-refractivity contribution in [2.45, 2.75) is 45.8 Å². The fraction of sp³-hybridized carbons (Fsp3) is 0.727. The Morgan fingerprint density at radius 1 is 1.33 bits per heavy atom. The summed E-state index contributed by atoms with van der Waals surface area (Å²) in [5.74, 6) is 0.356. The van der Waals surface area contributed by atoms with Crippen molar-refractivity contribution in [2.75, 3.05) is 11.9 Å². The molecule has 102 valence electrons. The number of hydrogen-bond donors (Lipinski definition) is 2. The van der Waals surface area contributed by atoms with Gasteiger partial charge in [-0.15, -0.1) is 0 Å². The first kappa shape index (κ1) is 14.9. The molecular formula is C11H19ClN4O2. The number of anilines is 1. The molecule has 0 aromatic carbocycles. The molecule has 7 heteroatoms. The molecule has 2 unspecified atom stereocenters. The van der Waals surface area contributed by atoms with E-state index in [0.29, 0.717) is 19.0 Å². The predicted molar refractivity (Wildman–Crippen MR) is 70.0 cm³/mol. The van der Waals surface area contributed by atoms with E-state index in [-0.39, 0.29) is 23.4 Å². The maximum atomic E-state index is 9.28. The Morgan fingerprint density at radius 3 is 2.67 bits per heavy atom. The van der Waals surface area contributed by atoms with E-state index < -0.39 is 0 Å². The van der Waals surface area contributed by atoms with Crippen LogP contribution in [-0.4, -0.2) is 38.8 Å². The van der Waals surface area contributed by atoms with E-state index in [9.17, 15) is 5.11 Å². The van der Waals surface area contributed by atoms with Crippen molar-refractivity contribution in [3.63, 3.8) is 0 Å². The van der Waals surface area contributed by atoms with Gasteiger partial charge in [-0.1, -0.05) is 6.92 Å². The van der Waals surface area contributed by atoms with Gasteiger partial charge in [0, 0.05) is 6.04 Å². The number of ether oxygens (including phenoxy) is 1. The molecule has 18 heavy (non-hydrogen) atoms. The van der Waals surface area contributed by atoms with Crippen LogP contribution in [0.5, 0.6) is 6.01 Å². The zero-order chi connectivity index (χ0) is 13.5. The first-order valence-corrected chi connectivity index (χ1v) is 6.38. The molecule has 0 spiro atoms. The quantitative estimate of drug-likeness (QED) is 0.790. The van der Waals surface area contributed by atoms with Crippen LogP contribution in [-0.2, 0) is 0 Å². The van der Waals surface area contributed by atoms with Crippen LogP contribution in [0, 0.1) is 0 Å². The summed E-state index contributed by atoms with van der Waals surface area (Å²) in [6, 6.07) is 0.242. The van der Waals surface area contributed by atoms with Crippen molar-refractivity contribution in [2.24, 2.45) is 0 Å². The summed E-state index contributed by atoms with van der Waals surface area (Å²) in [6.45, 7) is 6.18. The van der Waals surface area contributed by atoms with Gasteiger partial charge in [-0.25, -0.2) is 0 Å². The van der Waals surface area contributed by atoms with Gasteiger partial charge in [0.15, 0.2) is 0 Å². The van der Waals surface area contributed by atoms with Gasteiger partial charge in [-0.05, 0) is 38.3 Å². The minimum Gasteiger partial charge on any atom is -0.463 e. The Bertz CT molecular complexity index is 376. The number of nitrogens with zero attached hydrogens (tertiary/aromatic N) is 3. The first-order valence-electron chi connectivity index (χ1n) is 6.00. The van der Waals surface area contributed by atoms with Gasteiger partial charge in [0.05, 0.1) is 12.7 Å². The van der Waals surface area contributed by atoms with Crippen LogP contribution in [0.25, 0.3) is 0 Å². The molecule has 0 aliphatic carbocycles. The lowest BCUT2D eigenvalue weighted by Crippen LogP contribution is -2.22. The van der Waals surface area contributed by atoms with E-state index in [0.717, 1.165) is 6.42 Å². The summed E-state index contributed by atoms with van der Waals surface area (Å²) in [6.07, 6.45) is 1.07. The van der Waals surface area contributed by atoms with Gasteiger partial charge in [0.25, 0.3) is 0 Å². The molecule has 0 aliphatic rings. The second-order valence-corrected chi connectivity index (χ2v) is 4.53. The van der Waals surface area contributed by atoms with Crippen LogP contribution in [0.4, 0.5) is 5.95 Å². The van der Waals surface area contributed by atoms with Gasteiger partial charge >= 0.3 is 6.01 Å². The topological polar surface area (TPSA) is 80.2 Å². The van der Waals surface area contributed by atoms with E-state index in [4.69, 9.17) is 16.3 Å². The van der Waals surface area contributed by atoms with Crippen molar-refractivity contribution in [3.05, 3.63) is 5.28 Å². The second-order valence-electron chi connectivity index (χ2n) is 4.19. The van der Waals surface area contributed by atoms with E-state index >= 15 is 0 Å². The zero-order valence-corrected chi connectivity index (χ0v) is 11.6. The minimum absolute atomic E-state index is 0.0301. The van der Waals surface area contributed by atoms with Crippen molar-refractivity contribution < 1.29 is 9.84 Å². The van der Waals surface area contributed by atoms with Crippen LogP contribution in [0.3, 0.4) is 0 Å². The molecule has 0 bridgehead atoms. The van der Waals surface area contributed by atoms with Crippen LogP contribution >= 0.6 is 11.6 Å². The maximum absolute atomic E-state index is 9.28. The van der Waals surface area contributed by atoms with Gasteiger partial charge in [0.1, 0.15) is 0 Å². The highest BCUT2D eigenvalue weighted by molar-refractivity contribution is 6.28. The van der Waals surface area contributed by atoms with Gasteiger partial charge in [-0.2, -0.15) is 15.0 Å². The molecule has 0 saturated carbocycles. The van der Waals surface area contributed by atoms with Crippen molar-refractivity contribution >= 4 is 17.5 Å². The Hall–Kier alpha value is -1.14. The van der Waals surface area contributed by atoms with Crippen LogP contribution in [0.2, 0.25) is 5.28 Å². The largest absolute Gasteiger partial charge is 0.463 e. The Labute approximate surface area is 112 Å². The summed E-state index contributed by atoms with van der Waals surface area (Å²) in [4.78, 5) is 11.9. The standard InChI is InChI=1S/C11H19ClN4O2/c1-4-5-18-11-15-9(12)14-10(16-11)13-7(2)6-8(3)17/h7-8,17H,4-6H2,1-3H3,(H,13,14,15,16). The SMILES string of the molecule is CCCOc1nc(Cl)nc(NC(C)CC(C)O)n1. The lowest BCUT2D eigenvalue weighted by atomic mass is 10.2. The number of hydrogen-bond acceptors (Lipinski definition) is 6. The van der Waals surface area contributed by atoms with Crippen LogP contribution in [0.15, 0.2) is 0 Å². The fourth-order valence-corrected chi connectivity index (χ4v) is 1.60. The third kappa shape index (κ3) is 5.46. The highest BCUT2D eigenvalue weighted by Crippen LogP contribution is 2.13. The lowest BCUT2D eigenvalue weighted by Gasteiger charge is -2.15. The molecule has 2 N–H and O–H groups in total. The zero-order valence-electron chi connectivity index (χ0n) is 10.9. The number of halogens is 1. The third-order valence-electron chi connectivity index (χ3n) is 2.09. The van der Waals surface area contributed by atoms with Crippen molar-refractivity contribution in [3.8, 4) is 6.01 Å². The van der Waals surface area contributed by atoms with E-state index in [1.807, 2.05) is 13.8 Å². The molecule has 0 amide bonds. The summed E-state index contributed by atoms with van der Waals surface area (Å²) in [5, 5.41) is 12.4. The summed E-state index contributed by atoms with van der Waals surface area (Å²) in [5.41, 5.74) is 0. The monoisotopic (exact) mass is 274 g/mol. The Kier molecular flexibility index (Phi) is 6.07. The highest BCUT2D eigenvalue weighted by Gasteiger charge is 2.10. The molecule has 0 aliphatic heterocycles. The number of aliphatic hydroxyl groups is 1. The van der Waals surface area contributed by atoms with Crippen molar-refractivity contribution in [1.29, 1.82) is 0 Å². The summed E-state index contributed by atoms with van der Waals surface area (Å²) < 4.78 is 5.30. The molecular weight excluding hydrogens is 256 g/mol. The smallest absolute Gasteiger partial charge is 0.322 e. The molecule has 1 aromatic heterocycles. The summed E-state index contributed by atoms with van der Waals surface area (Å²) in [7, 11) is 0. The molecule has 0 radical (unpaired) electrons. The molecule has 2 atom stereocenters. The fourth-order valence-electron chi connectivity index (χ4n) is 1.45. The van der Waals surface area contributed by atoms with E-state index in [1.54, 1.807) is 6.92 Å². The molecule has 6 nitrogen and oxygen atoms in total. The maximum Gasteiger partial charge on any atom is 0.322 e.